The molecule has 0 saturated heterocycles. The quantitative estimate of drug-likeness (QED) is 0.591. The summed E-state index contributed by atoms with van der Waals surface area (Å²) in [5.74, 6) is -0.670. The largest absolute Gasteiger partial charge is 0.389 e. The molecule has 0 fully saturated rings. The Kier molecular flexibility index (Phi) is 6.15. The lowest BCUT2D eigenvalue weighted by Crippen LogP contribution is -2.12. The molecular weight excluding hydrogens is 266 g/mol. The zero-order valence-electron chi connectivity index (χ0n) is 11.3. The molecule has 0 radical (unpaired) electrons. The van der Waals surface area contributed by atoms with Crippen molar-refractivity contribution in [2.24, 2.45) is 11.7 Å². The maximum atomic E-state index is 13.7. The summed E-state index contributed by atoms with van der Waals surface area (Å²) in [4.78, 5) is -0.0127. The third-order valence-corrected chi connectivity index (χ3v) is 3.07. The molecule has 0 aliphatic rings. The molecule has 0 bridgehead atoms. The predicted octanol–water partition coefficient (Wildman–Crippen LogP) is 3.84. The Bertz CT molecular complexity index is 424. The van der Waals surface area contributed by atoms with Crippen LogP contribution in [0.25, 0.3) is 0 Å². The van der Waals surface area contributed by atoms with Crippen molar-refractivity contribution in [2.45, 2.75) is 33.1 Å². The molecule has 106 valence electrons. The molecule has 19 heavy (non-hydrogen) atoms. The highest BCUT2D eigenvalue weighted by molar-refractivity contribution is 7.80. The van der Waals surface area contributed by atoms with Crippen LogP contribution in [0.2, 0.25) is 0 Å². The number of thiocarbonyl (C=S) groups is 1. The van der Waals surface area contributed by atoms with Gasteiger partial charge in [0.1, 0.15) is 22.3 Å². The Hall–Kier alpha value is -1.23. The predicted molar refractivity (Wildman–Crippen MR) is 79.4 cm³/mol. The van der Waals surface area contributed by atoms with Gasteiger partial charge in [0.2, 0.25) is 0 Å². The lowest BCUT2D eigenvalue weighted by atomic mass is 10.1. The topological polar surface area (TPSA) is 38.0 Å². The SMILES string of the molecule is CC(C)CCCCNc1c(F)cc(C(N)=S)cc1F. The first-order valence-electron chi connectivity index (χ1n) is 6.44. The van der Waals surface area contributed by atoms with Crippen molar-refractivity contribution in [3.63, 3.8) is 0 Å². The standard InChI is InChI=1S/C14H20F2N2S/c1-9(2)5-3-4-6-18-13-11(15)7-10(14(17)19)8-12(13)16/h7-9,18H,3-6H2,1-2H3,(H2,17,19). The van der Waals surface area contributed by atoms with Crippen LogP contribution in [0.15, 0.2) is 12.1 Å². The zero-order chi connectivity index (χ0) is 14.4. The highest BCUT2D eigenvalue weighted by atomic mass is 32.1. The minimum Gasteiger partial charge on any atom is -0.389 e. The molecule has 1 rings (SSSR count). The van der Waals surface area contributed by atoms with Crippen LogP contribution in [0.1, 0.15) is 38.7 Å². The summed E-state index contributed by atoms with van der Waals surface area (Å²) in [5, 5.41) is 2.79. The van der Waals surface area contributed by atoms with E-state index in [1.807, 2.05) is 0 Å². The Morgan fingerprint density at radius 1 is 1.26 bits per heavy atom. The first-order chi connectivity index (χ1) is 8.91. The highest BCUT2D eigenvalue weighted by Crippen LogP contribution is 2.21. The summed E-state index contributed by atoms with van der Waals surface area (Å²) in [5.41, 5.74) is 5.44. The van der Waals surface area contributed by atoms with Gasteiger partial charge in [0.15, 0.2) is 0 Å². The molecule has 0 amide bonds. The lowest BCUT2D eigenvalue weighted by molar-refractivity contribution is 0.542. The normalized spacial score (nSPS) is 10.8. The molecule has 0 atom stereocenters. The second kappa shape index (κ2) is 7.38. The first-order valence-corrected chi connectivity index (χ1v) is 6.85. The number of unbranched alkanes of at least 4 members (excludes halogenated alkanes) is 1. The van der Waals surface area contributed by atoms with Gasteiger partial charge in [-0.3, -0.25) is 0 Å². The highest BCUT2D eigenvalue weighted by Gasteiger charge is 2.11. The smallest absolute Gasteiger partial charge is 0.150 e. The molecule has 0 aromatic heterocycles. The van der Waals surface area contributed by atoms with Crippen LogP contribution in [-0.4, -0.2) is 11.5 Å². The van der Waals surface area contributed by atoms with E-state index in [1.165, 1.54) is 0 Å². The van der Waals surface area contributed by atoms with Crippen LogP contribution in [0.3, 0.4) is 0 Å². The second-order valence-electron chi connectivity index (χ2n) is 5.00. The summed E-state index contributed by atoms with van der Waals surface area (Å²) in [6.45, 7) is 4.86. The Morgan fingerprint density at radius 2 is 1.84 bits per heavy atom. The van der Waals surface area contributed by atoms with Gasteiger partial charge in [-0.1, -0.05) is 38.9 Å². The van der Waals surface area contributed by atoms with Gasteiger partial charge in [0.25, 0.3) is 0 Å². The van der Waals surface area contributed by atoms with Gasteiger partial charge < -0.3 is 11.1 Å². The van der Waals surface area contributed by atoms with E-state index in [0.29, 0.717) is 12.5 Å². The van der Waals surface area contributed by atoms with Gasteiger partial charge in [-0.2, -0.15) is 0 Å². The fraction of sp³-hybridized carbons (Fsp3) is 0.500. The van der Waals surface area contributed by atoms with Gasteiger partial charge in [-0.05, 0) is 24.5 Å². The zero-order valence-corrected chi connectivity index (χ0v) is 12.1. The van der Waals surface area contributed by atoms with Gasteiger partial charge in [-0.15, -0.1) is 0 Å². The summed E-state index contributed by atoms with van der Waals surface area (Å²) in [6.07, 6.45) is 3.04. The average molecular weight is 286 g/mol. The molecule has 0 aliphatic heterocycles. The molecule has 1 aromatic carbocycles. The van der Waals surface area contributed by atoms with Crippen LogP contribution in [0.5, 0.6) is 0 Å². The molecule has 2 nitrogen and oxygen atoms in total. The summed E-state index contributed by atoms with van der Waals surface area (Å²) in [7, 11) is 0. The maximum Gasteiger partial charge on any atom is 0.150 e. The molecule has 3 N–H and O–H groups in total. The van der Waals surface area contributed by atoms with Gasteiger partial charge in [0, 0.05) is 12.1 Å². The van der Waals surface area contributed by atoms with E-state index in [4.69, 9.17) is 18.0 Å². The summed E-state index contributed by atoms with van der Waals surface area (Å²) in [6, 6.07) is 2.31. The molecule has 0 heterocycles. The van der Waals surface area contributed by atoms with Crippen LogP contribution in [-0.2, 0) is 0 Å². The van der Waals surface area contributed by atoms with Crippen molar-refractivity contribution in [1.29, 1.82) is 0 Å². The van der Waals surface area contributed by atoms with E-state index >= 15 is 0 Å². The monoisotopic (exact) mass is 286 g/mol. The number of benzene rings is 1. The maximum absolute atomic E-state index is 13.7. The molecule has 0 saturated carbocycles. The second-order valence-corrected chi connectivity index (χ2v) is 5.44. The number of nitrogens with two attached hydrogens (primary N) is 1. The van der Waals surface area contributed by atoms with E-state index in [-0.39, 0.29) is 16.2 Å². The van der Waals surface area contributed by atoms with Crippen molar-refractivity contribution in [2.75, 3.05) is 11.9 Å². The number of nitrogens with one attached hydrogen (secondary N) is 1. The van der Waals surface area contributed by atoms with E-state index < -0.39 is 11.6 Å². The minimum absolute atomic E-state index is 0.0127. The lowest BCUT2D eigenvalue weighted by Gasteiger charge is -2.10. The Labute approximate surface area is 118 Å². The molecule has 0 unspecified atom stereocenters. The minimum atomic E-state index is -0.661. The van der Waals surface area contributed by atoms with Crippen LogP contribution in [0.4, 0.5) is 14.5 Å². The first kappa shape index (κ1) is 15.8. The van der Waals surface area contributed by atoms with Crippen LogP contribution >= 0.6 is 12.2 Å². The van der Waals surface area contributed by atoms with Gasteiger partial charge in [0.05, 0.1) is 0 Å². The van der Waals surface area contributed by atoms with Crippen LogP contribution in [0, 0.1) is 17.6 Å². The number of hydrogen-bond acceptors (Lipinski definition) is 2. The van der Waals surface area contributed by atoms with E-state index in [2.05, 4.69) is 19.2 Å². The summed E-state index contributed by atoms with van der Waals surface area (Å²) >= 11 is 4.69. The third-order valence-electron chi connectivity index (χ3n) is 2.84. The molecule has 0 aliphatic carbocycles. The van der Waals surface area contributed by atoms with Gasteiger partial charge in [-0.25, -0.2) is 8.78 Å². The van der Waals surface area contributed by atoms with Crippen molar-refractivity contribution in [3.05, 3.63) is 29.3 Å². The van der Waals surface area contributed by atoms with Gasteiger partial charge >= 0.3 is 0 Å². The van der Waals surface area contributed by atoms with Crippen molar-refractivity contribution >= 4 is 22.9 Å². The number of rotatable bonds is 7. The fourth-order valence-electron chi connectivity index (χ4n) is 1.78. The van der Waals surface area contributed by atoms with E-state index in [0.717, 1.165) is 31.4 Å². The Morgan fingerprint density at radius 3 is 2.32 bits per heavy atom. The fourth-order valence-corrected chi connectivity index (χ4v) is 1.89. The number of halogens is 2. The van der Waals surface area contributed by atoms with Crippen molar-refractivity contribution in [3.8, 4) is 0 Å². The van der Waals surface area contributed by atoms with E-state index in [1.54, 1.807) is 0 Å². The molecule has 1 aromatic rings. The van der Waals surface area contributed by atoms with E-state index in [9.17, 15) is 8.78 Å². The third kappa shape index (κ3) is 5.11. The molecular formula is C14H20F2N2S. The number of hydrogen-bond donors (Lipinski definition) is 2. The average Bonchev–Trinajstić information content (AvgIpc) is 2.30. The number of anilines is 1. The molecule has 5 heteroatoms. The van der Waals surface area contributed by atoms with Crippen molar-refractivity contribution < 1.29 is 8.78 Å². The summed E-state index contributed by atoms with van der Waals surface area (Å²) < 4.78 is 27.4. The molecule has 0 spiro atoms. The van der Waals surface area contributed by atoms with Crippen molar-refractivity contribution in [1.82, 2.24) is 0 Å². The Balaban J connectivity index is 2.57. The van der Waals surface area contributed by atoms with Crippen LogP contribution < -0.4 is 11.1 Å².